The Balaban J connectivity index is -0.00000144. The number of aliphatic carboxylic acids is 2. The zero-order valence-corrected chi connectivity index (χ0v) is 17.3. The average Bonchev–Trinajstić information content (AvgIpc) is 2.31. The quantitative estimate of drug-likeness (QED) is 0.267. The van der Waals surface area contributed by atoms with E-state index in [-0.39, 0.29) is 71.5 Å². The Labute approximate surface area is 166 Å². The summed E-state index contributed by atoms with van der Waals surface area (Å²) in [5.41, 5.74) is 0. The molecule has 0 rings (SSSR count). The molecule has 4 nitrogen and oxygen atoms in total. The smallest absolute Gasteiger partial charge is 0.550 e. The van der Waals surface area contributed by atoms with Crippen LogP contribution in [0.2, 0.25) is 0 Å². The van der Waals surface area contributed by atoms with Gasteiger partial charge in [0.25, 0.3) is 0 Å². The molecule has 0 saturated heterocycles. The standard InChI is InChI=1S/C14H26O4.2Na/c1-2-12(14(17)18)10-8-6-4-3-5-7-9-11-13(15)16;;/h12H,2-11H2,1H3,(H,15,16)(H,17,18);;/q;2*+1/p-2. The van der Waals surface area contributed by atoms with E-state index in [2.05, 4.69) is 0 Å². The van der Waals surface area contributed by atoms with E-state index >= 15 is 0 Å². The van der Waals surface area contributed by atoms with Crippen molar-refractivity contribution < 1.29 is 78.9 Å². The number of carboxylic acids is 2. The maximum Gasteiger partial charge on any atom is 1.00 e. The van der Waals surface area contributed by atoms with Crippen LogP contribution >= 0.6 is 0 Å². The van der Waals surface area contributed by atoms with Crippen LogP contribution in [0.25, 0.3) is 0 Å². The number of rotatable bonds is 12. The van der Waals surface area contributed by atoms with Gasteiger partial charge in [0, 0.05) is 11.9 Å². The second-order valence-electron chi connectivity index (χ2n) is 4.81. The fourth-order valence-electron chi connectivity index (χ4n) is 2.03. The molecule has 0 aromatic heterocycles. The van der Waals surface area contributed by atoms with Crippen molar-refractivity contribution in [1.82, 2.24) is 0 Å². The molecule has 0 aromatic rings. The van der Waals surface area contributed by atoms with Crippen molar-refractivity contribution >= 4 is 11.9 Å². The van der Waals surface area contributed by atoms with Crippen LogP contribution in [0, 0.1) is 5.92 Å². The molecule has 106 valence electrons. The largest absolute Gasteiger partial charge is 1.00 e. The topological polar surface area (TPSA) is 80.3 Å². The molecule has 0 amide bonds. The summed E-state index contributed by atoms with van der Waals surface area (Å²) in [5, 5.41) is 20.8. The Bertz CT molecular complexity index is 247. The van der Waals surface area contributed by atoms with E-state index in [1.165, 1.54) is 0 Å². The first-order valence-corrected chi connectivity index (χ1v) is 6.98. The second-order valence-corrected chi connectivity index (χ2v) is 4.81. The van der Waals surface area contributed by atoms with Gasteiger partial charge in [-0.1, -0.05) is 45.4 Å². The van der Waals surface area contributed by atoms with Gasteiger partial charge in [-0.25, -0.2) is 0 Å². The van der Waals surface area contributed by atoms with Crippen molar-refractivity contribution in [2.75, 3.05) is 0 Å². The maximum absolute atomic E-state index is 10.7. The van der Waals surface area contributed by atoms with Gasteiger partial charge < -0.3 is 19.8 Å². The zero-order chi connectivity index (χ0) is 13.8. The molecule has 1 unspecified atom stereocenters. The van der Waals surface area contributed by atoms with Crippen LogP contribution < -0.4 is 69.3 Å². The van der Waals surface area contributed by atoms with Crippen molar-refractivity contribution in [1.29, 1.82) is 0 Å². The zero-order valence-electron chi connectivity index (χ0n) is 13.3. The van der Waals surface area contributed by atoms with Gasteiger partial charge in [0.05, 0.1) is 0 Å². The van der Waals surface area contributed by atoms with E-state index in [9.17, 15) is 19.8 Å². The van der Waals surface area contributed by atoms with Gasteiger partial charge in [-0.2, -0.15) is 0 Å². The minimum atomic E-state index is -0.970. The molecular formula is C14H24Na2O4. The summed E-state index contributed by atoms with van der Waals surface area (Å²) < 4.78 is 0. The van der Waals surface area contributed by atoms with Crippen molar-refractivity contribution in [3.05, 3.63) is 0 Å². The van der Waals surface area contributed by atoms with Gasteiger partial charge in [-0.15, -0.1) is 0 Å². The first-order valence-electron chi connectivity index (χ1n) is 6.98. The number of carbonyl (C=O) groups excluding carboxylic acids is 2. The summed E-state index contributed by atoms with van der Waals surface area (Å²) in [7, 11) is 0. The van der Waals surface area contributed by atoms with Crippen molar-refractivity contribution in [2.45, 2.75) is 71.1 Å². The van der Waals surface area contributed by atoms with Crippen LogP contribution in [0.15, 0.2) is 0 Å². The molecule has 0 aliphatic rings. The van der Waals surface area contributed by atoms with E-state index in [4.69, 9.17) is 0 Å². The Morgan fingerprint density at radius 3 is 1.70 bits per heavy atom. The third-order valence-electron chi connectivity index (χ3n) is 3.26. The molecule has 0 saturated carbocycles. The Hall–Kier alpha value is 0.940. The number of carbonyl (C=O) groups is 2. The van der Waals surface area contributed by atoms with Gasteiger partial charge in [0.15, 0.2) is 0 Å². The molecule has 0 aromatic carbocycles. The van der Waals surface area contributed by atoms with E-state index < -0.39 is 11.9 Å². The minimum absolute atomic E-state index is 0. The van der Waals surface area contributed by atoms with Crippen molar-refractivity contribution in [3.63, 3.8) is 0 Å². The fraction of sp³-hybridized carbons (Fsp3) is 0.857. The molecule has 0 spiro atoms. The third kappa shape index (κ3) is 17.0. The maximum atomic E-state index is 10.7. The Morgan fingerprint density at radius 2 is 1.30 bits per heavy atom. The SMILES string of the molecule is CCC(CCCCCCCCCC(=O)[O-])C(=O)[O-].[Na+].[Na+]. The predicted molar refractivity (Wildman–Crippen MR) is 65.3 cm³/mol. The van der Waals surface area contributed by atoms with Crippen LogP contribution in [0.1, 0.15) is 71.1 Å². The van der Waals surface area contributed by atoms with Gasteiger partial charge in [0.2, 0.25) is 0 Å². The molecule has 6 heteroatoms. The summed E-state index contributed by atoms with van der Waals surface area (Å²) in [6, 6.07) is 0. The normalized spacial score (nSPS) is 11.1. The Morgan fingerprint density at radius 1 is 0.850 bits per heavy atom. The van der Waals surface area contributed by atoms with Crippen LogP contribution in [0.3, 0.4) is 0 Å². The Kier molecular flexibility index (Phi) is 23.3. The van der Waals surface area contributed by atoms with Crippen LogP contribution in [0.5, 0.6) is 0 Å². The number of hydrogen-bond acceptors (Lipinski definition) is 4. The molecule has 0 fully saturated rings. The van der Waals surface area contributed by atoms with Gasteiger partial charge in [-0.05, 0) is 31.6 Å². The van der Waals surface area contributed by atoms with Crippen LogP contribution in [-0.4, -0.2) is 11.9 Å². The summed E-state index contributed by atoms with van der Waals surface area (Å²) in [4.78, 5) is 20.8. The molecule has 0 aliphatic heterocycles. The predicted octanol–water partition coefficient (Wildman–Crippen LogP) is -4.97. The van der Waals surface area contributed by atoms with E-state index in [1.807, 2.05) is 6.92 Å². The summed E-state index contributed by atoms with van der Waals surface area (Å²) in [5.74, 6) is -2.20. The van der Waals surface area contributed by atoms with Gasteiger partial charge in [0.1, 0.15) is 0 Å². The van der Waals surface area contributed by atoms with Crippen LogP contribution in [0.4, 0.5) is 0 Å². The molecule has 1 atom stereocenters. The fourth-order valence-corrected chi connectivity index (χ4v) is 2.03. The van der Waals surface area contributed by atoms with E-state index in [1.54, 1.807) is 0 Å². The molecule has 20 heavy (non-hydrogen) atoms. The number of carboxylic acid groups (broad SMARTS) is 2. The first-order chi connectivity index (χ1) is 8.57. The molecular weight excluding hydrogens is 278 g/mol. The van der Waals surface area contributed by atoms with Gasteiger partial charge >= 0.3 is 59.1 Å². The van der Waals surface area contributed by atoms with Crippen molar-refractivity contribution in [2.24, 2.45) is 5.92 Å². The number of hydrogen-bond donors (Lipinski definition) is 0. The first kappa shape index (κ1) is 25.9. The van der Waals surface area contributed by atoms with Gasteiger partial charge in [-0.3, -0.25) is 0 Å². The summed E-state index contributed by atoms with van der Waals surface area (Å²) in [6.45, 7) is 1.87. The third-order valence-corrected chi connectivity index (χ3v) is 3.26. The minimum Gasteiger partial charge on any atom is -0.550 e. The molecule has 0 bridgehead atoms. The molecule has 0 radical (unpaired) electrons. The van der Waals surface area contributed by atoms with E-state index in [0.717, 1.165) is 38.5 Å². The second kappa shape index (κ2) is 18.0. The monoisotopic (exact) mass is 302 g/mol. The molecule has 0 aliphatic carbocycles. The van der Waals surface area contributed by atoms with Crippen LogP contribution in [-0.2, 0) is 9.59 Å². The summed E-state index contributed by atoms with van der Waals surface area (Å²) in [6.07, 6.45) is 8.36. The molecule has 0 N–H and O–H groups in total. The number of unbranched alkanes of at least 4 members (excludes halogenated alkanes) is 6. The molecule has 0 heterocycles. The summed E-state index contributed by atoms with van der Waals surface area (Å²) >= 11 is 0. The average molecular weight is 302 g/mol. The van der Waals surface area contributed by atoms with E-state index in [0.29, 0.717) is 19.3 Å². The van der Waals surface area contributed by atoms with Crippen molar-refractivity contribution in [3.8, 4) is 0 Å².